The molecule has 3 aromatic rings. The zero-order valence-electron chi connectivity index (χ0n) is 15.5. The number of nitrogens with zero attached hydrogens (tertiary/aromatic N) is 1. The molecule has 0 aliphatic heterocycles. The van der Waals surface area contributed by atoms with Gasteiger partial charge in [-0.3, -0.25) is 0 Å². The number of aryl methyl sites for hydroxylation is 1. The summed E-state index contributed by atoms with van der Waals surface area (Å²) in [6, 6.07) is 24.0. The molecule has 0 aliphatic carbocycles. The van der Waals surface area contributed by atoms with Gasteiger partial charge in [-0.2, -0.15) is 0 Å². The number of carbonyl (C=O) groups is 1. The Labute approximate surface area is 163 Å². The molecule has 0 unspecified atom stereocenters. The van der Waals surface area contributed by atoms with E-state index in [1.807, 2.05) is 54.6 Å². The normalized spacial score (nSPS) is 10.8. The van der Waals surface area contributed by atoms with Crippen LogP contribution in [0.5, 0.6) is 5.75 Å². The molecule has 5 nitrogen and oxygen atoms in total. The van der Waals surface area contributed by atoms with Crippen molar-refractivity contribution in [3.8, 4) is 16.9 Å². The molecule has 0 amide bonds. The lowest BCUT2D eigenvalue weighted by Gasteiger charge is -2.08. The summed E-state index contributed by atoms with van der Waals surface area (Å²) in [5.74, 6) is -0.233. The zero-order chi connectivity index (χ0) is 19.8. The number of ether oxygens (including phenoxy) is 1. The molecule has 28 heavy (non-hydrogen) atoms. The van der Waals surface area contributed by atoms with E-state index in [4.69, 9.17) is 9.84 Å². The van der Waals surface area contributed by atoms with Crippen LogP contribution < -0.4 is 4.74 Å². The Morgan fingerprint density at radius 1 is 1.00 bits per heavy atom. The van der Waals surface area contributed by atoms with Gasteiger partial charge in [-0.05, 0) is 41.3 Å². The first-order valence-corrected chi connectivity index (χ1v) is 8.86. The number of aliphatic carboxylic acids is 1. The van der Waals surface area contributed by atoms with Crippen molar-refractivity contribution in [1.82, 2.24) is 0 Å². The van der Waals surface area contributed by atoms with Gasteiger partial charge in [-0.15, -0.1) is 0 Å². The minimum Gasteiger partial charge on any atom is -0.489 e. The summed E-state index contributed by atoms with van der Waals surface area (Å²) >= 11 is 0. The van der Waals surface area contributed by atoms with Gasteiger partial charge in [0.15, 0.2) is 0 Å². The predicted octanol–water partition coefficient (Wildman–Crippen LogP) is 4.68. The molecule has 142 valence electrons. The lowest BCUT2D eigenvalue weighted by Crippen LogP contribution is -2.03. The van der Waals surface area contributed by atoms with Crippen LogP contribution in [-0.2, 0) is 16.2 Å². The maximum Gasteiger partial charge on any atom is 0.344 e. The van der Waals surface area contributed by atoms with Crippen LogP contribution in [0.2, 0.25) is 0 Å². The maximum absolute atomic E-state index is 10.4. The molecule has 0 spiro atoms. The van der Waals surface area contributed by atoms with E-state index in [1.54, 1.807) is 0 Å². The van der Waals surface area contributed by atoms with Gasteiger partial charge in [-0.1, -0.05) is 71.4 Å². The predicted molar refractivity (Wildman–Crippen MR) is 109 cm³/mol. The lowest BCUT2D eigenvalue weighted by molar-refractivity contribution is -0.142. The zero-order valence-corrected chi connectivity index (χ0v) is 15.5. The van der Waals surface area contributed by atoms with Crippen molar-refractivity contribution in [1.29, 1.82) is 0 Å². The van der Waals surface area contributed by atoms with Crippen LogP contribution in [0.4, 0.5) is 0 Å². The first-order valence-electron chi connectivity index (χ1n) is 8.86. The van der Waals surface area contributed by atoms with Crippen molar-refractivity contribution >= 4 is 12.2 Å². The highest BCUT2D eigenvalue weighted by molar-refractivity contribution is 5.80. The van der Waals surface area contributed by atoms with E-state index < -0.39 is 12.6 Å². The summed E-state index contributed by atoms with van der Waals surface area (Å²) < 4.78 is 5.86. The molecule has 0 saturated carbocycles. The van der Waals surface area contributed by atoms with Crippen LogP contribution >= 0.6 is 0 Å². The van der Waals surface area contributed by atoms with E-state index in [2.05, 4.69) is 35.1 Å². The number of carboxylic acids is 1. The Morgan fingerprint density at radius 3 is 2.32 bits per heavy atom. The monoisotopic (exact) mass is 375 g/mol. The molecule has 0 radical (unpaired) electrons. The Balaban J connectivity index is 1.57. The van der Waals surface area contributed by atoms with E-state index in [0.717, 1.165) is 28.0 Å². The SMILES string of the molecule is Cc1cccc(COc2ccc(-c3ccc(C=NOCC(=O)O)cc3)cc2)c1. The number of benzene rings is 3. The number of hydrogen-bond donors (Lipinski definition) is 1. The molecular formula is C23H21NO4. The first kappa shape index (κ1) is 19.2. The van der Waals surface area contributed by atoms with Crippen molar-refractivity contribution in [3.63, 3.8) is 0 Å². The molecule has 5 heteroatoms. The number of carboxylic acid groups (broad SMARTS) is 1. The van der Waals surface area contributed by atoms with Gasteiger partial charge >= 0.3 is 5.97 Å². The van der Waals surface area contributed by atoms with Crippen LogP contribution in [0.25, 0.3) is 11.1 Å². The highest BCUT2D eigenvalue weighted by Crippen LogP contribution is 2.23. The molecule has 0 aromatic heterocycles. The summed E-state index contributed by atoms with van der Waals surface area (Å²) in [7, 11) is 0. The second-order valence-electron chi connectivity index (χ2n) is 6.33. The molecule has 1 N–H and O–H groups in total. The second-order valence-corrected chi connectivity index (χ2v) is 6.33. The van der Waals surface area contributed by atoms with Gasteiger partial charge in [0.05, 0.1) is 6.21 Å². The average molecular weight is 375 g/mol. The lowest BCUT2D eigenvalue weighted by atomic mass is 10.0. The molecule has 0 fully saturated rings. The molecule has 3 rings (SSSR count). The Bertz CT molecular complexity index is 947. The Hall–Kier alpha value is -3.60. The van der Waals surface area contributed by atoms with Crippen molar-refractivity contribution < 1.29 is 19.5 Å². The summed E-state index contributed by atoms with van der Waals surface area (Å²) in [6.07, 6.45) is 1.48. The molecule has 0 aliphatic rings. The van der Waals surface area contributed by atoms with Gasteiger partial charge in [0.25, 0.3) is 0 Å². The summed E-state index contributed by atoms with van der Waals surface area (Å²) in [5.41, 5.74) is 5.33. The van der Waals surface area contributed by atoms with Crippen LogP contribution in [0.15, 0.2) is 78.0 Å². The van der Waals surface area contributed by atoms with Gasteiger partial charge in [0, 0.05) is 0 Å². The van der Waals surface area contributed by atoms with Crippen LogP contribution in [0, 0.1) is 6.92 Å². The Morgan fingerprint density at radius 2 is 1.68 bits per heavy atom. The molecule has 0 heterocycles. The minimum absolute atomic E-state index is 0.452. The fourth-order valence-corrected chi connectivity index (χ4v) is 2.66. The fraction of sp³-hybridized carbons (Fsp3) is 0.130. The second kappa shape index (κ2) is 9.37. The topological polar surface area (TPSA) is 68.1 Å². The first-order chi connectivity index (χ1) is 13.6. The molecular weight excluding hydrogens is 354 g/mol. The van der Waals surface area contributed by atoms with Crippen molar-refractivity contribution in [2.45, 2.75) is 13.5 Å². The van der Waals surface area contributed by atoms with Gasteiger partial charge in [0.2, 0.25) is 6.61 Å². The third kappa shape index (κ3) is 5.71. The van der Waals surface area contributed by atoms with E-state index in [1.165, 1.54) is 11.8 Å². The van der Waals surface area contributed by atoms with E-state index in [0.29, 0.717) is 6.61 Å². The molecule has 3 aromatic carbocycles. The minimum atomic E-state index is -1.06. The summed E-state index contributed by atoms with van der Waals surface area (Å²) in [4.78, 5) is 15.0. The fourth-order valence-electron chi connectivity index (χ4n) is 2.66. The van der Waals surface area contributed by atoms with Crippen molar-refractivity contribution in [2.75, 3.05) is 6.61 Å². The third-order valence-electron chi connectivity index (χ3n) is 4.05. The largest absolute Gasteiger partial charge is 0.489 e. The van der Waals surface area contributed by atoms with E-state index >= 15 is 0 Å². The molecule has 0 atom stereocenters. The number of oxime groups is 1. The highest BCUT2D eigenvalue weighted by Gasteiger charge is 2.01. The summed E-state index contributed by atoms with van der Waals surface area (Å²) in [5, 5.41) is 12.1. The van der Waals surface area contributed by atoms with Crippen LogP contribution in [-0.4, -0.2) is 23.9 Å². The molecule has 0 saturated heterocycles. The van der Waals surface area contributed by atoms with Crippen molar-refractivity contribution in [3.05, 3.63) is 89.5 Å². The van der Waals surface area contributed by atoms with Gasteiger partial charge in [-0.25, -0.2) is 4.79 Å². The summed E-state index contributed by atoms with van der Waals surface area (Å²) in [6.45, 7) is 2.16. The Kier molecular flexibility index (Phi) is 6.41. The standard InChI is InChI=1S/C23H21NO4/c1-17-3-2-4-19(13-17)15-27-22-11-9-21(10-12-22)20-7-5-18(6-8-20)14-24-28-16-23(25)26/h2-14H,15-16H2,1H3,(H,25,26). The van der Waals surface area contributed by atoms with Crippen LogP contribution in [0.1, 0.15) is 16.7 Å². The quantitative estimate of drug-likeness (QED) is 0.459. The van der Waals surface area contributed by atoms with Gasteiger partial charge < -0.3 is 14.7 Å². The van der Waals surface area contributed by atoms with E-state index in [-0.39, 0.29) is 0 Å². The van der Waals surface area contributed by atoms with Crippen molar-refractivity contribution in [2.24, 2.45) is 5.16 Å². The van der Waals surface area contributed by atoms with Gasteiger partial charge in [0.1, 0.15) is 12.4 Å². The average Bonchev–Trinajstić information content (AvgIpc) is 2.70. The molecule has 0 bridgehead atoms. The van der Waals surface area contributed by atoms with Crippen LogP contribution in [0.3, 0.4) is 0 Å². The number of rotatable bonds is 8. The smallest absolute Gasteiger partial charge is 0.344 e. The van der Waals surface area contributed by atoms with E-state index in [9.17, 15) is 4.79 Å². The maximum atomic E-state index is 10.4. The highest BCUT2D eigenvalue weighted by atomic mass is 16.6. The third-order valence-corrected chi connectivity index (χ3v) is 4.05. The number of hydrogen-bond acceptors (Lipinski definition) is 4.